The summed E-state index contributed by atoms with van der Waals surface area (Å²) in [6.07, 6.45) is 91.5. The van der Waals surface area contributed by atoms with Crippen LogP contribution in [0.1, 0.15) is 335 Å². The molecule has 0 N–H and O–H groups in total. The Bertz CT molecular complexity index is 1560. The van der Waals surface area contributed by atoms with Crippen LogP contribution in [0.4, 0.5) is 0 Å². The SMILES string of the molecule is CC/C=C\C/C=C\C/C=C\C/C=C\C/C=C\CCCCCCCCCC(=O)OC(COC(=O)CCCCC/C=C\C/C=C\C/C=C\CC)COC(=O)CCCCCCCCCCCCCCCCCCCCCCCCCCCC. The number of hydrogen-bond donors (Lipinski definition) is 0. The van der Waals surface area contributed by atoms with Crippen molar-refractivity contribution in [2.45, 2.75) is 341 Å². The van der Waals surface area contributed by atoms with Gasteiger partial charge in [-0.05, 0) is 96.3 Å². The summed E-state index contributed by atoms with van der Waals surface area (Å²) in [5.74, 6) is -0.918. The van der Waals surface area contributed by atoms with Crippen molar-refractivity contribution in [3.8, 4) is 0 Å². The maximum absolute atomic E-state index is 12.9. The highest BCUT2D eigenvalue weighted by atomic mass is 16.6. The minimum atomic E-state index is -0.797. The fourth-order valence-electron chi connectivity index (χ4n) is 9.78. The first-order valence-corrected chi connectivity index (χ1v) is 34.2. The van der Waals surface area contributed by atoms with Crippen LogP contribution in [0.2, 0.25) is 0 Å². The molecule has 80 heavy (non-hydrogen) atoms. The fourth-order valence-corrected chi connectivity index (χ4v) is 9.78. The quantitative estimate of drug-likeness (QED) is 0.0261. The van der Waals surface area contributed by atoms with Gasteiger partial charge in [-0.2, -0.15) is 0 Å². The Balaban J connectivity index is 4.30. The van der Waals surface area contributed by atoms with E-state index in [9.17, 15) is 14.4 Å². The Morgan fingerprint density at radius 1 is 0.263 bits per heavy atom. The highest BCUT2D eigenvalue weighted by Gasteiger charge is 2.19. The second-order valence-corrected chi connectivity index (χ2v) is 22.7. The molecule has 0 saturated heterocycles. The molecular formula is C74H128O6. The third-order valence-electron chi connectivity index (χ3n) is 14.8. The Morgan fingerprint density at radius 2 is 0.487 bits per heavy atom. The molecular weight excluding hydrogens is 985 g/mol. The molecule has 0 aliphatic rings. The minimum Gasteiger partial charge on any atom is -0.462 e. The van der Waals surface area contributed by atoms with Gasteiger partial charge in [0.1, 0.15) is 13.2 Å². The average molecular weight is 1110 g/mol. The van der Waals surface area contributed by atoms with E-state index in [2.05, 4.69) is 118 Å². The van der Waals surface area contributed by atoms with Gasteiger partial charge in [0.2, 0.25) is 0 Å². The van der Waals surface area contributed by atoms with Crippen molar-refractivity contribution in [3.63, 3.8) is 0 Å². The third kappa shape index (κ3) is 65.1. The van der Waals surface area contributed by atoms with Gasteiger partial charge >= 0.3 is 17.9 Å². The highest BCUT2D eigenvalue weighted by Crippen LogP contribution is 2.18. The van der Waals surface area contributed by atoms with Crippen LogP contribution in [0.15, 0.2) is 97.2 Å². The van der Waals surface area contributed by atoms with Crippen molar-refractivity contribution >= 4 is 17.9 Å². The number of allylic oxidation sites excluding steroid dienone is 16. The van der Waals surface area contributed by atoms with Crippen LogP contribution in [-0.2, 0) is 28.6 Å². The normalized spacial score (nSPS) is 12.7. The molecule has 0 aliphatic heterocycles. The number of unbranched alkanes of at least 4 members (excludes halogenated alkanes) is 35. The van der Waals surface area contributed by atoms with Crippen molar-refractivity contribution in [2.24, 2.45) is 0 Å². The molecule has 0 radical (unpaired) electrons. The maximum Gasteiger partial charge on any atom is 0.306 e. The van der Waals surface area contributed by atoms with Crippen LogP contribution in [-0.4, -0.2) is 37.2 Å². The molecule has 6 heteroatoms. The first kappa shape index (κ1) is 76.3. The Morgan fingerprint density at radius 3 is 0.775 bits per heavy atom. The minimum absolute atomic E-state index is 0.0894. The summed E-state index contributed by atoms with van der Waals surface area (Å²) < 4.78 is 16.9. The lowest BCUT2D eigenvalue weighted by molar-refractivity contribution is -0.167. The van der Waals surface area contributed by atoms with E-state index in [0.717, 1.165) is 122 Å². The Kier molecular flexibility index (Phi) is 64.7. The molecule has 0 aromatic heterocycles. The van der Waals surface area contributed by atoms with Gasteiger partial charge in [0.15, 0.2) is 6.10 Å². The summed E-state index contributed by atoms with van der Waals surface area (Å²) in [5, 5.41) is 0. The molecule has 6 nitrogen and oxygen atoms in total. The number of carbonyl (C=O) groups is 3. The molecule has 0 amide bonds. The van der Waals surface area contributed by atoms with Crippen molar-refractivity contribution in [1.29, 1.82) is 0 Å². The zero-order valence-corrected chi connectivity index (χ0v) is 52.8. The summed E-state index contributed by atoms with van der Waals surface area (Å²) >= 11 is 0. The van der Waals surface area contributed by atoms with E-state index in [1.807, 2.05) is 0 Å². The van der Waals surface area contributed by atoms with Gasteiger partial charge < -0.3 is 14.2 Å². The van der Waals surface area contributed by atoms with E-state index < -0.39 is 6.10 Å². The molecule has 460 valence electrons. The summed E-state index contributed by atoms with van der Waals surface area (Å²) in [6, 6.07) is 0. The van der Waals surface area contributed by atoms with E-state index in [0.29, 0.717) is 19.3 Å². The Labute approximate surface area is 496 Å². The molecule has 0 saturated carbocycles. The van der Waals surface area contributed by atoms with Gasteiger partial charge in [-0.1, -0.05) is 317 Å². The van der Waals surface area contributed by atoms with Crippen LogP contribution in [0.3, 0.4) is 0 Å². The van der Waals surface area contributed by atoms with E-state index in [1.54, 1.807) is 0 Å². The topological polar surface area (TPSA) is 78.9 Å². The van der Waals surface area contributed by atoms with Crippen molar-refractivity contribution in [1.82, 2.24) is 0 Å². The van der Waals surface area contributed by atoms with Gasteiger partial charge in [0.25, 0.3) is 0 Å². The van der Waals surface area contributed by atoms with Crippen LogP contribution in [0, 0.1) is 0 Å². The number of hydrogen-bond acceptors (Lipinski definition) is 6. The third-order valence-corrected chi connectivity index (χ3v) is 14.8. The lowest BCUT2D eigenvalue weighted by Gasteiger charge is -2.18. The largest absolute Gasteiger partial charge is 0.462 e. The fraction of sp³-hybridized carbons (Fsp3) is 0.743. The monoisotopic (exact) mass is 1110 g/mol. The molecule has 0 aromatic rings. The van der Waals surface area contributed by atoms with Crippen molar-refractivity contribution in [2.75, 3.05) is 13.2 Å². The average Bonchev–Trinajstić information content (AvgIpc) is 3.46. The zero-order chi connectivity index (χ0) is 57.8. The molecule has 0 bridgehead atoms. The molecule has 1 unspecified atom stereocenters. The van der Waals surface area contributed by atoms with E-state index >= 15 is 0 Å². The summed E-state index contributed by atoms with van der Waals surface area (Å²) in [5.41, 5.74) is 0. The van der Waals surface area contributed by atoms with E-state index in [1.165, 1.54) is 173 Å². The summed E-state index contributed by atoms with van der Waals surface area (Å²) in [4.78, 5) is 38.4. The summed E-state index contributed by atoms with van der Waals surface area (Å²) in [6.45, 7) is 6.42. The molecule has 0 heterocycles. The van der Waals surface area contributed by atoms with Crippen molar-refractivity contribution < 1.29 is 28.6 Å². The Hall–Kier alpha value is -3.67. The standard InChI is InChI=1S/C74H128O6/c1-4-7-10-13-16-19-22-25-27-29-31-33-35-36-37-39-40-42-44-46-49-52-55-58-61-64-67-73(76)79-70-71(69-78-72(75)66-63-60-57-54-51-48-24-21-18-15-12-9-6-3)80-74(77)68-65-62-59-56-53-50-47-45-43-41-38-34-32-30-28-26-23-20-17-14-11-8-5-2/h8-9,11-12,17-18,20-21,26,28,32,34,41,43,48,51,71H,4-7,10,13-16,19,22-25,27,29-31,33,35-40,42,44-47,49-50,52-70H2,1-3H3/b11-8-,12-9-,20-17-,21-18-,28-26-,34-32-,43-41-,51-48-. The maximum atomic E-state index is 12.9. The first-order valence-electron chi connectivity index (χ1n) is 34.2. The second-order valence-electron chi connectivity index (χ2n) is 22.7. The lowest BCUT2D eigenvalue weighted by atomic mass is 10.0. The number of rotatable bonds is 62. The smallest absolute Gasteiger partial charge is 0.306 e. The van der Waals surface area contributed by atoms with Crippen molar-refractivity contribution in [3.05, 3.63) is 97.2 Å². The number of ether oxygens (including phenoxy) is 3. The van der Waals surface area contributed by atoms with Crippen LogP contribution in [0.25, 0.3) is 0 Å². The van der Waals surface area contributed by atoms with Gasteiger partial charge in [-0.15, -0.1) is 0 Å². The highest BCUT2D eigenvalue weighted by molar-refractivity contribution is 5.71. The molecule has 0 aliphatic carbocycles. The van der Waals surface area contributed by atoms with Gasteiger partial charge in [-0.25, -0.2) is 0 Å². The lowest BCUT2D eigenvalue weighted by Crippen LogP contribution is -2.30. The van der Waals surface area contributed by atoms with Gasteiger partial charge in [0, 0.05) is 19.3 Å². The first-order chi connectivity index (χ1) is 39.5. The molecule has 0 rings (SSSR count). The molecule has 0 spiro atoms. The van der Waals surface area contributed by atoms with Crippen LogP contribution < -0.4 is 0 Å². The van der Waals surface area contributed by atoms with Gasteiger partial charge in [0.05, 0.1) is 0 Å². The molecule has 1 atom stereocenters. The second kappa shape index (κ2) is 67.8. The number of esters is 3. The zero-order valence-electron chi connectivity index (χ0n) is 52.8. The van der Waals surface area contributed by atoms with Crippen LogP contribution >= 0.6 is 0 Å². The van der Waals surface area contributed by atoms with E-state index in [4.69, 9.17) is 14.2 Å². The summed E-state index contributed by atoms with van der Waals surface area (Å²) in [7, 11) is 0. The van der Waals surface area contributed by atoms with E-state index in [-0.39, 0.29) is 31.1 Å². The molecule has 0 fully saturated rings. The predicted molar refractivity (Wildman–Crippen MR) is 348 cm³/mol. The van der Waals surface area contributed by atoms with Crippen LogP contribution in [0.5, 0.6) is 0 Å². The predicted octanol–water partition coefficient (Wildman–Crippen LogP) is 23.6. The van der Waals surface area contributed by atoms with Gasteiger partial charge in [-0.3, -0.25) is 14.4 Å². The molecule has 0 aromatic carbocycles. The number of carbonyl (C=O) groups excluding carboxylic acids is 3.